The minimum Gasteiger partial charge on any atom is -0.408 e. The Hall–Kier alpha value is -2.92. The van der Waals surface area contributed by atoms with Crippen LogP contribution in [0, 0.1) is 6.92 Å². The van der Waals surface area contributed by atoms with Gasteiger partial charge in [-0.25, -0.2) is 18.2 Å². The van der Waals surface area contributed by atoms with Gasteiger partial charge in [-0.3, -0.25) is 4.98 Å². The summed E-state index contributed by atoms with van der Waals surface area (Å²) in [6.07, 6.45) is 2.31. The maximum absolute atomic E-state index is 13.1. The van der Waals surface area contributed by atoms with Crippen LogP contribution in [0.2, 0.25) is 0 Å². The Balaban J connectivity index is 1.33. The van der Waals surface area contributed by atoms with Gasteiger partial charge in [-0.05, 0) is 38.0 Å². The van der Waals surface area contributed by atoms with Gasteiger partial charge in [-0.1, -0.05) is 0 Å². The Morgan fingerprint density at radius 1 is 0.968 bits per heavy atom. The molecule has 2 saturated heterocycles. The van der Waals surface area contributed by atoms with E-state index in [1.165, 1.54) is 22.5 Å². The zero-order valence-corrected chi connectivity index (χ0v) is 18.1. The Bertz CT molecular complexity index is 1270. The lowest BCUT2D eigenvalue weighted by Gasteiger charge is -2.35. The molecule has 0 spiro atoms. The number of rotatable bonds is 4. The van der Waals surface area contributed by atoms with Crippen molar-refractivity contribution in [3.8, 4) is 0 Å². The zero-order chi connectivity index (χ0) is 21.6. The first-order chi connectivity index (χ1) is 14.9. The van der Waals surface area contributed by atoms with Gasteiger partial charge in [0.25, 0.3) is 0 Å². The van der Waals surface area contributed by atoms with Crippen LogP contribution in [0.25, 0.3) is 11.1 Å². The summed E-state index contributed by atoms with van der Waals surface area (Å²) in [6.45, 7) is 5.69. The molecule has 31 heavy (non-hydrogen) atoms. The van der Waals surface area contributed by atoms with E-state index in [1.54, 1.807) is 0 Å². The molecule has 1 aromatic carbocycles. The SMILES string of the molecule is Cc1cc(N2CCN(S(=O)(=O)c3ccc4oc(=O)[nH]c4c3)CC2)nc(N2CCCC2)n1. The van der Waals surface area contributed by atoms with Gasteiger partial charge in [0.1, 0.15) is 5.82 Å². The van der Waals surface area contributed by atoms with Crippen LogP contribution in [0.15, 0.2) is 38.4 Å². The van der Waals surface area contributed by atoms with E-state index in [9.17, 15) is 13.2 Å². The van der Waals surface area contributed by atoms with Crippen molar-refractivity contribution in [1.82, 2.24) is 19.3 Å². The Morgan fingerprint density at radius 2 is 1.71 bits per heavy atom. The van der Waals surface area contributed by atoms with Crippen molar-refractivity contribution in [2.45, 2.75) is 24.7 Å². The molecule has 2 aromatic heterocycles. The van der Waals surface area contributed by atoms with Crippen molar-refractivity contribution in [2.75, 3.05) is 49.1 Å². The lowest BCUT2D eigenvalue weighted by atomic mass is 10.3. The highest BCUT2D eigenvalue weighted by atomic mass is 32.2. The van der Waals surface area contributed by atoms with Crippen molar-refractivity contribution in [3.63, 3.8) is 0 Å². The van der Waals surface area contributed by atoms with Crippen molar-refractivity contribution < 1.29 is 12.8 Å². The number of H-pyrrole nitrogens is 1. The molecule has 11 heteroatoms. The Labute approximate surface area is 179 Å². The lowest BCUT2D eigenvalue weighted by Crippen LogP contribution is -2.49. The number of hydrogen-bond donors (Lipinski definition) is 1. The molecule has 5 rings (SSSR count). The maximum atomic E-state index is 13.1. The Morgan fingerprint density at radius 3 is 2.45 bits per heavy atom. The number of benzene rings is 1. The van der Waals surface area contributed by atoms with Crippen LogP contribution in [-0.4, -0.2) is 66.9 Å². The molecule has 0 saturated carbocycles. The normalized spacial score (nSPS) is 18.2. The van der Waals surface area contributed by atoms with Gasteiger partial charge >= 0.3 is 5.76 Å². The first kappa shape index (κ1) is 20.0. The zero-order valence-electron chi connectivity index (χ0n) is 17.2. The van der Waals surface area contributed by atoms with Crippen molar-refractivity contribution >= 4 is 32.9 Å². The molecule has 0 atom stereocenters. The summed E-state index contributed by atoms with van der Waals surface area (Å²) in [5.41, 5.74) is 1.61. The number of nitrogens with zero attached hydrogens (tertiary/aromatic N) is 5. The predicted octanol–water partition coefficient (Wildman–Crippen LogP) is 1.33. The molecule has 0 bridgehead atoms. The summed E-state index contributed by atoms with van der Waals surface area (Å²) in [4.78, 5) is 27.6. The van der Waals surface area contributed by atoms with Gasteiger partial charge in [-0.2, -0.15) is 9.29 Å². The summed E-state index contributed by atoms with van der Waals surface area (Å²) >= 11 is 0. The average molecular weight is 445 g/mol. The van der Waals surface area contributed by atoms with Gasteiger partial charge in [-0.15, -0.1) is 0 Å². The van der Waals surface area contributed by atoms with E-state index in [1.807, 2.05) is 13.0 Å². The Kier molecular flexibility index (Phi) is 4.94. The highest BCUT2D eigenvalue weighted by Crippen LogP contribution is 2.25. The van der Waals surface area contributed by atoms with Crippen LogP contribution in [0.1, 0.15) is 18.5 Å². The largest absolute Gasteiger partial charge is 0.417 e. The summed E-state index contributed by atoms with van der Waals surface area (Å²) in [6, 6.07) is 6.36. The number of sulfonamides is 1. The molecule has 2 aliphatic rings. The number of piperazine rings is 1. The standard InChI is InChI=1S/C20H24N6O4S/c1-14-12-18(23-19(21-14)25-6-2-3-7-25)24-8-10-26(11-9-24)31(28,29)15-4-5-17-16(13-15)22-20(27)30-17/h4-5,12-13H,2-3,6-11H2,1H3,(H,22,27). The molecule has 4 heterocycles. The molecule has 2 aliphatic heterocycles. The van der Waals surface area contributed by atoms with Gasteiger partial charge < -0.3 is 14.2 Å². The second-order valence-electron chi connectivity index (χ2n) is 7.93. The van der Waals surface area contributed by atoms with E-state index in [0.29, 0.717) is 37.3 Å². The fourth-order valence-electron chi connectivity index (χ4n) is 4.16. The molecule has 164 valence electrons. The van der Waals surface area contributed by atoms with Gasteiger partial charge in [0.15, 0.2) is 5.58 Å². The third-order valence-corrected chi connectivity index (χ3v) is 7.70. The number of hydrogen-bond acceptors (Lipinski definition) is 8. The summed E-state index contributed by atoms with van der Waals surface area (Å²) in [5, 5.41) is 0. The van der Waals surface area contributed by atoms with E-state index < -0.39 is 15.8 Å². The van der Waals surface area contributed by atoms with Crippen LogP contribution in [0.5, 0.6) is 0 Å². The maximum Gasteiger partial charge on any atom is 0.417 e. The van der Waals surface area contributed by atoms with Crippen molar-refractivity contribution in [2.24, 2.45) is 0 Å². The van der Waals surface area contributed by atoms with E-state index in [0.717, 1.165) is 43.4 Å². The van der Waals surface area contributed by atoms with Crippen LogP contribution in [-0.2, 0) is 10.0 Å². The molecule has 2 fully saturated rings. The first-order valence-corrected chi connectivity index (χ1v) is 11.8. The quantitative estimate of drug-likeness (QED) is 0.641. The number of aromatic nitrogens is 3. The number of oxazole rings is 1. The predicted molar refractivity (Wildman–Crippen MR) is 116 cm³/mol. The summed E-state index contributed by atoms with van der Waals surface area (Å²) in [5.74, 6) is 0.986. The topological polar surface area (TPSA) is 116 Å². The monoisotopic (exact) mass is 444 g/mol. The minimum absolute atomic E-state index is 0.139. The lowest BCUT2D eigenvalue weighted by molar-refractivity contribution is 0.384. The van der Waals surface area contributed by atoms with Crippen LogP contribution < -0.4 is 15.6 Å². The van der Waals surface area contributed by atoms with Crippen molar-refractivity contribution in [3.05, 3.63) is 40.5 Å². The third-order valence-electron chi connectivity index (χ3n) is 5.81. The third kappa shape index (κ3) is 3.79. The summed E-state index contributed by atoms with van der Waals surface area (Å²) in [7, 11) is -3.68. The number of nitrogens with one attached hydrogen (secondary N) is 1. The molecule has 3 aromatic rings. The van der Waals surface area contributed by atoms with Crippen LogP contribution in [0.4, 0.5) is 11.8 Å². The first-order valence-electron chi connectivity index (χ1n) is 10.4. The highest BCUT2D eigenvalue weighted by Gasteiger charge is 2.30. The molecule has 0 aliphatic carbocycles. The molecule has 10 nitrogen and oxygen atoms in total. The van der Waals surface area contributed by atoms with Crippen LogP contribution in [0.3, 0.4) is 0 Å². The number of fused-ring (bicyclic) bond motifs is 1. The molecule has 0 amide bonds. The summed E-state index contributed by atoms with van der Waals surface area (Å²) < 4.78 is 32.7. The van der Waals surface area contributed by atoms with Gasteiger partial charge in [0.05, 0.1) is 10.4 Å². The van der Waals surface area contributed by atoms with E-state index in [2.05, 4.69) is 19.8 Å². The van der Waals surface area contributed by atoms with Gasteiger partial charge in [0.2, 0.25) is 16.0 Å². The average Bonchev–Trinajstić information content (AvgIpc) is 3.42. The number of anilines is 2. The minimum atomic E-state index is -3.68. The number of aryl methyl sites for hydroxylation is 1. The molecule has 1 N–H and O–H groups in total. The van der Waals surface area contributed by atoms with Gasteiger partial charge in [0, 0.05) is 51.0 Å². The second-order valence-corrected chi connectivity index (χ2v) is 9.86. The van der Waals surface area contributed by atoms with E-state index >= 15 is 0 Å². The van der Waals surface area contributed by atoms with E-state index in [4.69, 9.17) is 9.40 Å². The number of aromatic amines is 1. The van der Waals surface area contributed by atoms with E-state index in [-0.39, 0.29) is 4.90 Å². The highest BCUT2D eigenvalue weighted by molar-refractivity contribution is 7.89. The fraction of sp³-hybridized carbons (Fsp3) is 0.450. The molecular weight excluding hydrogens is 420 g/mol. The molecular formula is C20H24N6O4S. The van der Waals surface area contributed by atoms with Crippen molar-refractivity contribution in [1.29, 1.82) is 0 Å². The molecule has 0 unspecified atom stereocenters. The smallest absolute Gasteiger partial charge is 0.408 e. The molecule has 0 radical (unpaired) electrons. The second kappa shape index (κ2) is 7.65. The van der Waals surface area contributed by atoms with Crippen LogP contribution >= 0.6 is 0 Å². The fourth-order valence-corrected chi connectivity index (χ4v) is 5.60.